The summed E-state index contributed by atoms with van der Waals surface area (Å²) < 4.78 is 0. The number of amides is 1. The number of hydrogen-bond donors (Lipinski definition) is 5. The van der Waals surface area contributed by atoms with E-state index < -0.39 is 58.3 Å². The summed E-state index contributed by atoms with van der Waals surface area (Å²) in [7, 11) is 1.39. The number of phenols is 1. The number of benzene rings is 1. The van der Waals surface area contributed by atoms with E-state index in [0.717, 1.165) is 0 Å². The number of nitrogens with zero attached hydrogens (tertiary/aromatic N) is 1. The van der Waals surface area contributed by atoms with Crippen LogP contribution in [-0.4, -0.2) is 62.4 Å². The Balaban J connectivity index is 1.85. The van der Waals surface area contributed by atoms with Gasteiger partial charge in [0.15, 0.2) is 17.2 Å². The zero-order valence-corrected chi connectivity index (χ0v) is 17.5. The van der Waals surface area contributed by atoms with Crippen molar-refractivity contribution in [3.63, 3.8) is 0 Å². The second-order valence-corrected chi connectivity index (χ2v) is 8.62. The lowest BCUT2D eigenvalue weighted by Gasteiger charge is -2.52. The molecule has 10 nitrogen and oxygen atoms in total. The van der Waals surface area contributed by atoms with E-state index in [1.54, 1.807) is 13.0 Å². The molecule has 3 aliphatic rings. The highest BCUT2D eigenvalue weighted by molar-refractivity contribution is 6.20. The van der Waals surface area contributed by atoms with E-state index in [0.29, 0.717) is 16.8 Å². The van der Waals surface area contributed by atoms with Crippen molar-refractivity contribution in [3.8, 4) is 5.75 Å². The van der Waals surface area contributed by atoms with Crippen molar-refractivity contribution in [1.82, 2.24) is 0 Å². The van der Waals surface area contributed by atoms with Gasteiger partial charge in [0, 0.05) is 17.9 Å². The van der Waals surface area contributed by atoms with E-state index in [-0.39, 0.29) is 30.6 Å². The van der Waals surface area contributed by atoms with Crippen molar-refractivity contribution in [3.05, 3.63) is 40.2 Å². The molecule has 4 rings (SSSR count). The lowest BCUT2D eigenvalue weighted by molar-refractivity contribution is -0.170. The van der Waals surface area contributed by atoms with Crippen LogP contribution in [0.4, 0.5) is 0 Å². The Labute approximate surface area is 183 Å². The summed E-state index contributed by atoms with van der Waals surface area (Å²) in [5.74, 6) is -6.41. The third-order valence-electron chi connectivity index (χ3n) is 7.01. The molecule has 170 valence electrons. The normalized spacial score (nSPS) is 32.2. The molecule has 0 aromatic heterocycles. The molecule has 2 unspecified atom stereocenters. The minimum Gasteiger partial charge on any atom is -0.508 e. The molecular weight excluding hydrogens is 420 g/mol. The fourth-order valence-electron chi connectivity index (χ4n) is 5.59. The van der Waals surface area contributed by atoms with Crippen LogP contribution in [0.2, 0.25) is 0 Å². The van der Waals surface area contributed by atoms with Gasteiger partial charge in [0.2, 0.25) is 0 Å². The summed E-state index contributed by atoms with van der Waals surface area (Å²) >= 11 is 0. The first kappa shape index (κ1) is 22.0. The first-order valence-corrected chi connectivity index (χ1v) is 10.2. The number of phenolic OH excluding ortho intramolecular Hbond substituents is 1. The van der Waals surface area contributed by atoms with Crippen LogP contribution in [-0.2, 0) is 20.8 Å². The Bertz CT molecular complexity index is 1110. The highest BCUT2D eigenvalue weighted by atomic mass is 16.6. The molecular formula is C22H24N2O8. The molecule has 0 radical (unpaired) electrons. The minimum absolute atomic E-state index is 0.000910. The number of aliphatic hydroxyl groups excluding tert-OH is 2. The third kappa shape index (κ3) is 2.86. The van der Waals surface area contributed by atoms with E-state index in [2.05, 4.69) is 5.16 Å². The number of carbonyl (C=O) groups excluding carboxylic acids is 3. The predicted molar refractivity (Wildman–Crippen MR) is 110 cm³/mol. The van der Waals surface area contributed by atoms with Gasteiger partial charge in [-0.3, -0.25) is 14.4 Å². The summed E-state index contributed by atoms with van der Waals surface area (Å²) in [5, 5.41) is 47.3. The first-order chi connectivity index (χ1) is 15.0. The lowest BCUT2D eigenvalue weighted by atomic mass is 9.55. The van der Waals surface area contributed by atoms with Gasteiger partial charge in [-0.1, -0.05) is 5.16 Å². The monoisotopic (exact) mass is 444 g/mol. The number of Topliss-reactive ketones (excluding diaryl/α,β-unsaturated/α-hetero) is 2. The number of aromatic hydroxyl groups is 1. The molecule has 1 aromatic rings. The highest BCUT2D eigenvalue weighted by Crippen LogP contribution is 2.53. The van der Waals surface area contributed by atoms with Gasteiger partial charge in [0.05, 0.1) is 17.2 Å². The Kier molecular flexibility index (Phi) is 5.09. The summed E-state index contributed by atoms with van der Waals surface area (Å²) in [6, 6.07) is 2.96. The molecule has 5 atom stereocenters. The molecule has 1 fully saturated rings. The van der Waals surface area contributed by atoms with Crippen LogP contribution in [0.25, 0.3) is 0 Å². The SMILES string of the molecule is CO/N=C(\C)c1ccc(O)c2c1C[C@H]1C[C@H]3CC(=O)C(C(N)=O)=C(O)[C@@]3(O)C(O)C1C2=O. The molecule has 0 heterocycles. The highest BCUT2D eigenvalue weighted by Gasteiger charge is 2.62. The number of nitrogens with two attached hydrogens (primary N) is 1. The smallest absolute Gasteiger partial charge is 0.255 e. The molecule has 1 amide bonds. The van der Waals surface area contributed by atoms with Crippen molar-refractivity contribution >= 4 is 23.2 Å². The molecule has 3 aliphatic carbocycles. The Morgan fingerprint density at radius 2 is 1.94 bits per heavy atom. The van der Waals surface area contributed by atoms with Crippen LogP contribution in [0, 0.1) is 17.8 Å². The van der Waals surface area contributed by atoms with Crippen molar-refractivity contribution in [2.24, 2.45) is 28.6 Å². The molecule has 0 bridgehead atoms. The molecule has 1 aromatic carbocycles. The van der Waals surface area contributed by atoms with Crippen molar-refractivity contribution in [2.45, 2.75) is 37.9 Å². The number of aliphatic hydroxyl groups is 3. The Morgan fingerprint density at radius 3 is 2.56 bits per heavy atom. The van der Waals surface area contributed by atoms with Gasteiger partial charge in [-0.05, 0) is 43.4 Å². The van der Waals surface area contributed by atoms with Crippen LogP contribution in [0.1, 0.15) is 41.3 Å². The number of rotatable bonds is 3. The zero-order chi connectivity index (χ0) is 23.5. The summed E-state index contributed by atoms with van der Waals surface area (Å²) in [6.07, 6.45) is -1.74. The van der Waals surface area contributed by atoms with Crippen molar-refractivity contribution in [1.29, 1.82) is 0 Å². The van der Waals surface area contributed by atoms with Crippen LogP contribution >= 0.6 is 0 Å². The summed E-state index contributed by atoms with van der Waals surface area (Å²) in [6.45, 7) is 1.69. The predicted octanol–water partition coefficient (Wildman–Crippen LogP) is 0.116. The number of ketones is 2. The second kappa shape index (κ2) is 7.42. The van der Waals surface area contributed by atoms with Gasteiger partial charge >= 0.3 is 0 Å². The number of oxime groups is 1. The van der Waals surface area contributed by atoms with Crippen LogP contribution in [0.15, 0.2) is 28.6 Å². The molecule has 10 heteroatoms. The fraction of sp³-hybridized carbons (Fsp3) is 0.455. The molecule has 32 heavy (non-hydrogen) atoms. The van der Waals surface area contributed by atoms with Gasteiger partial charge < -0.3 is 31.0 Å². The van der Waals surface area contributed by atoms with Crippen LogP contribution < -0.4 is 5.73 Å². The van der Waals surface area contributed by atoms with Gasteiger partial charge in [0.1, 0.15) is 30.3 Å². The number of carbonyl (C=O) groups is 3. The maximum Gasteiger partial charge on any atom is 0.255 e. The van der Waals surface area contributed by atoms with Gasteiger partial charge in [0.25, 0.3) is 5.91 Å². The Hall–Kier alpha value is -3.24. The summed E-state index contributed by atoms with van der Waals surface area (Å²) in [5.41, 5.74) is 3.67. The fourth-order valence-corrected chi connectivity index (χ4v) is 5.59. The van der Waals surface area contributed by atoms with E-state index >= 15 is 0 Å². The second-order valence-electron chi connectivity index (χ2n) is 8.62. The molecule has 0 aliphatic heterocycles. The summed E-state index contributed by atoms with van der Waals surface area (Å²) in [4.78, 5) is 42.4. The third-order valence-corrected chi connectivity index (χ3v) is 7.01. The Morgan fingerprint density at radius 1 is 1.25 bits per heavy atom. The number of hydrogen-bond acceptors (Lipinski definition) is 9. The largest absolute Gasteiger partial charge is 0.508 e. The molecule has 0 spiro atoms. The number of fused-ring (bicyclic) bond motifs is 3. The van der Waals surface area contributed by atoms with Gasteiger partial charge in [-0.15, -0.1) is 0 Å². The lowest BCUT2D eigenvalue weighted by Crippen LogP contribution is -2.64. The van der Waals surface area contributed by atoms with Crippen molar-refractivity contribution < 1.29 is 39.6 Å². The van der Waals surface area contributed by atoms with E-state index in [9.17, 15) is 34.8 Å². The first-order valence-electron chi connectivity index (χ1n) is 10.2. The molecule has 6 N–H and O–H groups in total. The molecule has 1 saturated carbocycles. The van der Waals surface area contributed by atoms with E-state index in [4.69, 9.17) is 10.6 Å². The number of primary amides is 1. The van der Waals surface area contributed by atoms with E-state index in [1.165, 1.54) is 13.2 Å². The minimum atomic E-state index is -2.38. The maximum absolute atomic E-state index is 13.5. The quantitative estimate of drug-likeness (QED) is 0.248. The van der Waals surface area contributed by atoms with Crippen LogP contribution in [0.3, 0.4) is 0 Å². The standard InChI is InChI=1S/C22H24N2O8/c1-8(24-32-2)11-3-4-13(25)16-12(11)6-9-5-10-7-14(26)17(21(23)30)20(29)22(10,31)19(28)15(9)18(16)27/h3-4,9-10,15,19,25,28-29,31H,5-7H2,1-2H3,(H2,23,30)/b24-8+/t9-,10+,15?,19?,22+/m1/s1. The van der Waals surface area contributed by atoms with Crippen molar-refractivity contribution in [2.75, 3.05) is 7.11 Å². The topological polar surface area (TPSA) is 180 Å². The average molecular weight is 444 g/mol. The average Bonchev–Trinajstić information content (AvgIpc) is 2.70. The van der Waals surface area contributed by atoms with Gasteiger partial charge in [-0.25, -0.2) is 0 Å². The van der Waals surface area contributed by atoms with Gasteiger partial charge in [-0.2, -0.15) is 0 Å². The van der Waals surface area contributed by atoms with Crippen LogP contribution in [0.5, 0.6) is 5.75 Å². The zero-order valence-electron chi connectivity index (χ0n) is 17.5. The molecule has 0 saturated heterocycles. The maximum atomic E-state index is 13.5. The van der Waals surface area contributed by atoms with E-state index in [1.807, 2.05) is 0 Å².